The van der Waals surface area contributed by atoms with E-state index in [0.29, 0.717) is 12.2 Å². The molecule has 0 radical (unpaired) electrons. The maximum absolute atomic E-state index is 13.5. The van der Waals surface area contributed by atoms with E-state index in [4.69, 9.17) is 0 Å². The zero-order chi connectivity index (χ0) is 15.6. The van der Waals surface area contributed by atoms with Crippen LogP contribution in [0, 0.1) is 5.82 Å². The molecular formula is C14H16FN3O3. The average molecular weight is 293 g/mol. The van der Waals surface area contributed by atoms with E-state index < -0.39 is 17.8 Å². The standard InChI is InChI=1S/C14H16FN3O3/c1-3-18-13(20)7-12(14(18)21)17-9-4-5-10(15)11(6-9)16-8(2)19/h4-6,12,17H,3,7H2,1-2H3,(H,16,19). The molecule has 21 heavy (non-hydrogen) atoms. The predicted molar refractivity (Wildman–Crippen MR) is 75.1 cm³/mol. The maximum Gasteiger partial charge on any atom is 0.252 e. The minimum absolute atomic E-state index is 0.0246. The van der Waals surface area contributed by atoms with Crippen molar-refractivity contribution < 1.29 is 18.8 Å². The lowest BCUT2D eigenvalue weighted by Crippen LogP contribution is -2.34. The number of imide groups is 1. The number of carbonyl (C=O) groups excluding carboxylic acids is 3. The molecule has 6 nitrogen and oxygen atoms in total. The molecule has 0 aliphatic carbocycles. The van der Waals surface area contributed by atoms with Crippen LogP contribution in [0.3, 0.4) is 0 Å². The number of anilines is 2. The molecule has 112 valence electrons. The van der Waals surface area contributed by atoms with Gasteiger partial charge in [0.2, 0.25) is 11.8 Å². The molecule has 0 bridgehead atoms. The highest BCUT2D eigenvalue weighted by Gasteiger charge is 2.37. The van der Waals surface area contributed by atoms with Gasteiger partial charge >= 0.3 is 0 Å². The number of halogens is 1. The Morgan fingerprint density at radius 2 is 2.14 bits per heavy atom. The van der Waals surface area contributed by atoms with E-state index in [2.05, 4.69) is 10.6 Å². The largest absolute Gasteiger partial charge is 0.373 e. The van der Waals surface area contributed by atoms with Crippen molar-refractivity contribution in [2.75, 3.05) is 17.2 Å². The van der Waals surface area contributed by atoms with Crippen molar-refractivity contribution in [2.24, 2.45) is 0 Å². The molecule has 0 spiro atoms. The summed E-state index contributed by atoms with van der Waals surface area (Å²) in [7, 11) is 0. The summed E-state index contributed by atoms with van der Waals surface area (Å²) in [6.45, 7) is 3.33. The van der Waals surface area contributed by atoms with Crippen LogP contribution in [0.1, 0.15) is 20.3 Å². The summed E-state index contributed by atoms with van der Waals surface area (Å²) in [4.78, 5) is 35.8. The van der Waals surface area contributed by atoms with E-state index in [1.807, 2.05) is 0 Å². The normalized spacial score (nSPS) is 18.0. The van der Waals surface area contributed by atoms with Crippen LogP contribution >= 0.6 is 0 Å². The van der Waals surface area contributed by atoms with Crippen LogP contribution in [-0.4, -0.2) is 35.2 Å². The van der Waals surface area contributed by atoms with E-state index in [-0.39, 0.29) is 23.9 Å². The highest BCUT2D eigenvalue weighted by molar-refractivity contribution is 6.06. The predicted octanol–water partition coefficient (Wildman–Crippen LogP) is 1.34. The monoisotopic (exact) mass is 293 g/mol. The number of amides is 3. The number of hydrogen-bond donors (Lipinski definition) is 2. The third-order valence-electron chi connectivity index (χ3n) is 3.18. The summed E-state index contributed by atoms with van der Waals surface area (Å²) in [5, 5.41) is 5.26. The van der Waals surface area contributed by atoms with Gasteiger partial charge < -0.3 is 10.6 Å². The summed E-state index contributed by atoms with van der Waals surface area (Å²) < 4.78 is 13.5. The molecule has 1 fully saturated rings. The molecule has 3 amide bonds. The zero-order valence-corrected chi connectivity index (χ0v) is 11.8. The van der Waals surface area contributed by atoms with Crippen LogP contribution in [0.2, 0.25) is 0 Å². The summed E-state index contributed by atoms with van der Waals surface area (Å²) in [5.74, 6) is -1.49. The van der Waals surface area contributed by atoms with Crippen LogP contribution in [0.25, 0.3) is 0 Å². The van der Waals surface area contributed by atoms with E-state index in [9.17, 15) is 18.8 Å². The fourth-order valence-electron chi connectivity index (χ4n) is 2.23. The third kappa shape index (κ3) is 3.18. The lowest BCUT2D eigenvalue weighted by molar-refractivity contribution is -0.138. The summed E-state index contributed by atoms with van der Waals surface area (Å²) in [5.41, 5.74) is 0.487. The van der Waals surface area contributed by atoms with Crippen molar-refractivity contribution in [3.8, 4) is 0 Å². The number of carbonyl (C=O) groups is 3. The van der Waals surface area contributed by atoms with Gasteiger partial charge in [-0.1, -0.05) is 0 Å². The highest BCUT2D eigenvalue weighted by atomic mass is 19.1. The molecule has 1 aliphatic rings. The molecule has 1 atom stereocenters. The first-order chi connectivity index (χ1) is 9.92. The van der Waals surface area contributed by atoms with Crippen molar-refractivity contribution >= 4 is 29.1 Å². The molecule has 2 rings (SSSR count). The van der Waals surface area contributed by atoms with E-state index in [1.54, 1.807) is 6.92 Å². The van der Waals surface area contributed by atoms with Gasteiger partial charge in [-0.2, -0.15) is 0 Å². The lowest BCUT2D eigenvalue weighted by Gasteiger charge is -2.15. The second kappa shape index (κ2) is 5.90. The Bertz CT molecular complexity index is 603. The first-order valence-electron chi connectivity index (χ1n) is 6.60. The first kappa shape index (κ1) is 15.0. The van der Waals surface area contributed by atoms with Crippen LogP contribution in [0.5, 0.6) is 0 Å². The van der Waals surface area contributed by atoms with Crippen molar-refractivity contribution in [1.82, 2.24) is 4.90 Å². The zero-order valence-electron chi connectivity index (χ0n) is 11.8. The Morgan fingerprint density at radius 1 is 1.43 bits per heavy atom. The average Bonchev–Trinajstić information content (AvgIpc) is 2.67. The quantitative estimate of drug-likeness (QED) is 0.821. The van der Waals surface area contributed by atoms with Crippen molar-refractivity contribution in [1.29, 1.82) is 0 Å². The van der Waals surface area contributed by atoms with Crippen LogP contribution < -0.4 is 10.6 Å². The van der Waals surface area contributed by atoms with Crippen molar-refractivity contribution in [3.05, 3.63) is 24.0 Å². The summed E-state index contributed by atoms with van der Waals surface area (Å²) in [6, 6.07) is 3.37. The molecule has 1 unspecified atom stereocenters. The number of hydrogen-bond acceptors (Lipinski definition) is 4. The maximum atomic E-state index is 13.5. The van der Waals surface area contributed by atoms with Crippen LogP contribution in [0.15, 0.2) is 18.2 Å². The molecule has 7 heteroatoms. The summed E-state index contributed by atoms with van der Waals surface area (Å²) >= 11 is 0. The molecule has 0 aromatic heterocycles. The second-order valence-electron chi connectivity index (χ2n) is 4.75. The summed E-state index contributed by atoms with van der Waals surface area (Å²) in [6.07, 6.45) is 0.0690. The SMILES string of the molecule is CCN1C(=O)CC(Nc2ccc(F)c(NC(C)=O)c2)C1=O. The molecule has 1 aromatic carbocycles. The number of likely N-dealkylation sites (N-methyl/N-ethyl adjacent to an activating group) is 1. The Hall–Kier alpha value is -2.44. The van der Waals surface area contributed by atoms with Crippen LogP contribution in [0.4, 0.5) is 15.8 Å². The molecular weight excluding hydrogens is 277 g/mol. The Kier molecular flexibility index (Phi) is 4.21. The van der Waals surface area contributed by atoms with Crippen LogP contribution in [-0.2, 0) is 14.4 Å². The highest BCUT2D eigenvalue weighted by Crippen LogP contribution is 2.23. The van der Waals surface area contributed by atoms with Gasteiger partial charge in [0.05, 0.1) is 12.1 Å². The minimum atomic E-state index is -0.659. The Morgan fingerprint density at radius 3 is 2.71 bits per heavy atom. The lowest BCUT2D eigenvalue weighted by atomic mass is 10.2. The van der Waals surface area contributed by atoms with Gasteiger partial charge in [0.1, 0.15) is 11.9 Å². The van der Waals surface area contributed by atoms with E-state index in [0.717, 1.165) is 0 Å². The van der Waals surface area contributed by atoms with Gasteiger partial charge in [0.15, 0.2) is 0 Å². The van der Waals surface area contributed by atoms with E-state index >= 15 is 0 Å². The number of nitrogens with zero attached hydrogens (tertiary/aromatic N) is 1. The number of rotatable bonds is 4. The molecule has 1 aliphatic heterocycles. The van der Waals surface area contributed by atoms with Gasteiger partial charge in [-0.25, -0.2) is 4.39 Å². The van der Waals surface area contributed by atoms with Gasteiger partial charge in [-0.15, -0.1) is 0 Å². The van der Waals surface area contributed by atoms with Crippen molar-refractivity contribution in [2.45, 2.75) is 26.3 Å². The molecule has 1 saturated heterocycles. The van der Waals surface area contributed by atoms with Crippen molar-refractivity contribution in [3.63, 3.8) is 0 Å². The van der Waals surface area contributed by atoms with Gasteiger partial charge in [0.25, 0.3) is 5.91 Å². The third-order valence-corrected chi connectivity index (χ3v) is 3.18. The fraction of sp³-hybridized carbons (Fsp3) is 0.357. The number of likely N-dealkylation sites (tertiary alicyclic amines) is 1. The molecule has 2 N–H and O–H groups in total. The fourth-order valence-corrected chi connectivity index (χ4v) is 2.23. The topological polar surface area (TPSA) is 78.5 Å². The van der Waals surface area contributed by atoms with E-state index in [1.165, 1.54) is 30.0 Å². The van der Waals surface area contributed by atoms with Gasteiger partial charge in [-0.05, 0) is 25.1 Å². The number of benzene rings is 1. The smallest absolute Gasteiger partial charge is 0.252 e. The van der Waals surface area contributed by atoms with Gasteiger partial charge in [-0.3, -0.25) is 19.3 Å². The minimum Gasteiger partial charge on any atom is -0.373 e. The molecule has 1 heterocycles. The molecule has 1 aromatic rings. The first-order valence-corrected chi connectivity index (χ1v) is 6.60. The number of nitrogens with one attached hydrogen (secondary N) is 2. The second-order valence-corrected chi connectivity index (χ2v) is 4.75. The van der Waals surface area contributed by atoms with Gasteiger partial charge in [0, 0.05) is 19.2 Å². The Balaban J connectivity index is 2.15. The Labute approximate surface area is 121 Å². The molecule has 0 saturated carbocycles.